The zero-order valence-electron chi connectivity index (χ0n) is 21.5. The average Bonchev–Trinajstić information content (AvgIpc) is 3.50. The molecule has 1 aliphatic carbocycles. The number of esters is 1. The van der Waals surface area contributed by atoms with E-state index >= 15 is 0 Å². The number of fused-ring (bicyclic) bond motifs is 1. The van der Waals surface area contributed by atoms with Gasteiger partial charge in [-0.1, -0.05) is 24.3 Å². The van der Waals surface area contributed by atoms with Crippen molar-refractivity contribution in [1.29, 1.82) is 0 Å². The number of hydrogen-bond acceptors (Lipinski definition) is 5. The molecule has 0 fully saturated rings. The third-order valence-corrected chi connectivity index (χ3v) is 7.04. The normalized spacial score (nSPS) is 14.9. The lowest BCUT2D eigenvalue weighted by Crippen LogP contribution is -2.43. The topological polar surface area (TPSA) is 93.4 Å². The number of ether oxygens (including phenoxy) is 1. The molecule has 10 heteroatoms. The van der Waals surface area contributed by atoms with Crippen LogP contribution in [0.4, 0.5) is 13.2 Å². The predicted molar refractivity (Wildman–Crippen MR) is 140 cm³/mol. The van der Waals surface area contributed by atoms with Crippen LogP contribution in [0.2, 0.25) is 0 Å². The molecule has 0 spiro atoms. The molecule has 1 amide bonds. The number of benzene rings is 3. The highest BCUT2D eigenvalue weighted by Gasteiger charge is 2.35. The van der Waals surface area contributed by atoms with Crippen molar-refractivity contribution in [3.63, 3.8) is 0 Å². The molecule has 40 heavy (non-hydrogen) atoms. The van der Waals surface area contributed by atoms with Gasteiger partial charge in [-0.3, -0.25) is 4.79 Å². The molecule has 1 aromatic heterocycles. The van der Waals surface area contributed by atoms with Gasteiger partial charge in [0.05, 0.1) is 12.8 Å². The summed E-state index contributed by atoms with van der Waals surface area (Å²) in [7, 11) is 1.21. The molecule has 0 aliphatic heterocycles. The van der Waals surface area contributed by atoms with E-state index in [0.29, 0.717) is 36.1 Å². The van der Waals surface area contributed by atoms with Gasteiger partial charge in [0, 0.05) is 24.0 Å². The van der Waals surface area contributed by atoms with E-state index in [9.17, 15) is 27.9 Å². The minimum absolute atomic E-state index is 0.0140. The fourth-order valence-corrected chi connectivity index (χ4v) is 5.18. The largest absolute Gasteiger partial charge is 0.508 e. The third-order valence-electron chi connectivity index (χ3n) is 7.04. The first-order valence-corrected chi connectivity index (χ1v) is 12.7. The zero-order valence-corrected chi connectivity index (χ0v) is 21.5. The minimum Gasteiger partial charge on any atom is -0.508 e. The number of aromatic hydroxyl groups is 1. The van der Waals surface area contributed by atoms with Crippen LogP contribution < -0.4 is 5.32 Å². The maximum atomic E-state index is 14.9. The van der Waals surface area contributed by atoms with Gasteiger partial charge < -0.3 is 15.2 Å². The number of nitrogens with zero attached hydrogens (tertiary/aromatic N) is 2. The molecular weight excluding hydrogens is 523 g/mol. The molecule has 0 bridgehead atoms. The van der Waals surface area contributed by atoms with E-state index in [1.54, 1.807) is 24.3 Å². The third kappa shape index (κ3) is 5.56. The summed E-state index contributed by atoms with van der Waals surface area (Å²) in [5.41, 5.74) is 2.55. The average molecular weight is 550 g/mol. The Morgan fingerprint density at radius 2 is 1.80 bits per heavy atom. The van der Waals surface area contributed by atoms with Crippen LogP contribution in [0.5, 0.6) is 5.75 Å². The van der Waals surface area contributed by atoms with Crippen LogP contribution in [-0.2, 0) is 28.8 Å². The Balaban J connectivity index is 1.51. The second-order valence-corrected chi connectivity index (χ2v) is 9.71. The number of rotatable bonds is 8. The first-order valence-electron chi connectivity index (χ1n) is 12.7. The number of aromatic nitrogens is 2. The molecule has 4 aromatic rings. The highest BCUT2D eigenvalue weighted by molar-refractivity contribution is 5.97. The van der Waals surface area contributed by atoms with Gasteiger partial charge >= 0.3 is 5.97 Å². The Morgan fingerprint density at radius 3 is 2.50 bits per heavy atom. The first-order chi connectivity index (χ1) is 19.2. The van der Waals surface area contributed by atoms with E-state index in [1.165, 1.54) is 42.1 Å². The zero-order chi connectivity index (χ0) is 28.4. The summed E-state index contributed by atoms with van der Waals surface area (Å²) in [6.07, 6.45) is 1.56. The van der Waals surface area contributed by atoms with E-state index in [1.807, 2.05) is 0 Å². The molecule has 5 rings (SSSR count). The molecule has 0 radical (unpaired) electrons. The number of phenolic OH excluding ortho intramolecular Hbond substituents is 1. The van der Waals surface area contributed by atoms with E-state index in [4.69, 9.17) is 4.74 Å². The molecule has 206 valence electrons. The monoisotopic (exact) mass is 549 g/mol. The van der Waals surface area contributed by atoms with Gasteiger partial charge in [0.2, 0.25) is 0 Å². The second-order valence-electron chi connectivity index (χ2n) is 9.71. The maximum Gasteiger partial charge on any atom is 0.328 e. The standard InChI is InChI=1S/C30H26F3N3O4/c1-40-30(39)25(15-17-5-9-22(37)10-6-17)34-29(38)27-23-11-7-19(13-18-3-2-4-20(31)14-18)28(23)36(35-27)26-12-8-21(32)16-24(26)33/h2-6,8-10,12,14,16,19,25,37H,7,11,13,15H2,1H3,(H,34,38)/t19?,25-/m1/s1. The van der Waals surface area contributed by atoms with Crippen LogP contribution in [0.3, 0.4) is 0 Å². The summed E-state index contributed by atoms with van der Waals surface area (Å²) in [5, 5.41) is 16.7. The summed E-state index contributed by atoms with van der Waals surface area (Å²) < 4.78 is 48.7. The number of hydrogen-bond donors (Lipinski definition) is 2. The molecule has 7 nitrogen and oxygen atoms in total. The van der Waals surface area contributed by atoms with Crippen molar-refractivity contribution in [3.05, 3.63) is 112 Å². The Kier molecular flexibility index (Phi) is 7.59. The number of carbonyl (C=O) groups excluding carboxylic acids is 2. The van der Waals surface area contributed by atoms with Crippen LogP contribution in [0.1, 0.15) is 45.2 Å². The van der Waals surface area contributed by atoms with Crippen LogP contribution in [0, 0.1) is 17.5 Å². The number of amides is 1. The molecule has 1 unspecified atom stereocenters. The van der Waals surface area contributed by atoms with Gasteiger partial charge in [-0.15, -0.1) is 0 Å². The van der Waals surface area contributed by atoms with Crippen LogP contribution in [-0.4, -0.2) is 39.9 Å². The number of phenols is 1. The first kappa shape index (κ1) is 27.0. The number of methoxy groups -OCH3 is 1. The number of carbonyl (C=O) groups is 2. The van der Waals surface area contributed by atoms with E-state index in [0.717, 1.165) is 17.7 Å². The van der Waals surface area contributed by atoms with Gasteiger partial charge in [-0.25, -0.2) is 22.6 Å². The van der Waals surface area contributed by atoms with Gasteiger partial charge in [-0.05, 0) is 66.8 Å². The number of nitrogens with one attached hydrogen (secondary N) is 1. The Hall–Kier alpha value is -4.60. The highest BCUT2D eigenvalue weighted by atomic mass is 19.1. The van der Waals surface area contributed by atoms with Crippen molar-refractivity contribution in [1.82, 2.24) is 15.1 Å². The molecule has 3 aromatic carbocycles. The fourth-order valence-electron chi connectivity index (χ4n) is 5.18. The summed E-state index contributed by atoms with van der Waals surface area (Å²) >= 11 is 0. The van der Waals surface area contributed by atoms with Crippen LogP contribution >= 0.6 is 0 Å². The van der Waals surface area contributed by atoms with Crippen LogP contribution in [0.15, 0.2) is 66.7 Å². The van der Waals surface area contributed by atoms with Crippen molar-refractivity contribution >= 4 is 11.9 Å². The molecule has 0 saturated heterocycles. The predicted octanol–water partition coefficient (Wildman–Crippen LogP) is 4.78. The smallest absolute Gasteiger partial charge is 0.328 e. The quantitative estimate of drug-likeness (QED) is 0.309. The highest BCUT2D eigenvalue weighted by Crippen LogP contribution is 2.39. The lowest BCUT2D eigenvalue weighted by atomic mass is 9.97. The summed E-state index contributed by atoms with van der Waals surface area (Å²) in [5.74, 6) is -3.48. The summed E-state index contributed by atoms with van der Waals surface area (Å²) in [6, 6.07) is 14.4. The minimum atomic E-state index is -1.06. The fraction of sp³-hybridized carbons (Fsp3) is 0.233. The Labute approximate surface area is 228 Å². The molecule has 2 atom stereocenters. The van der Waals surface area contributed by atoms with Gasteiger partial charge in [0.1, 0.15) is 29.1 Å². The SMILES string of the molecule is COC(=O)[C@@H](Cc1ccc(O)cc1)NC(=O)c1nn(-c2ccc(F)cc2F)c2c1CCC2Cc1cccc(F)c1. The summed E-state index contributed by atoms with van der Waals surface area (Å²) in [4.78, 5) is 26.1. The van der Waals surface area contributed by atoms with Gasteiger partial charge in [0.25, 0.3) is 5.91 Å². The lowest BCUT2D eigenvalue weighted by Gasteiger charge is -2.16. The van der Waals surface area contributed by atoms with Crippen molar-refractivity contribution in [2.75, 3.05) is 7.11 Å². The van der Waals surface area contributed by atoms with Gasteiger partial charge in [0.15, 0.2) is 11.5 Å². The maximum absolute atomic E-state index is 14.9. The van der Waals surface area contributed by atoms with E-state index in [2.05, 4.69) is 10.4 Å². The Bertz CT molecular complexity index is 1570. The molecule has 1 aliphatic rings. The summed E-state index contributed by atoms with van der Waals surface area (Å²) in [6.45, 7) is 0. The second kappa shape index (κ2) is 11.3. The van der Waals surface area contributed by atoms with E-state index in [-0.39, 0.29) is 35.3 Å². The van der Waals surface area contributed by atoms with Crippen molar-refractivity contribution in [2.45, 2.75) is 37.6 Å². The van der Waals surface area contributed by atoms with Gasteiger partial charge in [-0.2, -0.15) is 5.10 Å². The van der Waals surface area contributed by atoms with Crippen molar-refractivity contribution in [2.24, 2.45) is 0 Å². The molecule has 1 heterocycles. The van der Waals surface area contributed by atoms with E-state index < -0.39 is 29.6 Å². The molecule has 2 N–H and O–H groups in total. The molecule has 0 saturated carbocycles. The number of halogens is 3. The lowest BCUT2D eigenvalue weighted by molar-refractivity contribution is -0.142. The van der Waals surface area contributed by atoms with Crippen molar-refractivity contribution < 1.29 is 32.6 Å². The Morgan fingerprint density at radius 1 is 1.05 bits per heavy atom. The van der Waals surface area contributed by atoms with Crippen molar-refractivity contribution in [3.8, 4) is 11.4 Å². The molecular formula is C30H26F3N3O4. The van der Waals surface area contributed by atoms with Crippen LogP contribution in [0.25, 0.3) is 5.69 Å².